The molecule has 94 valence electrons. The first-order chi connectivity index (χ1) is 9.25. The van der Waals surface area contributed by atoms with Gasteiger partial charge in [-0.05, 0) is 34.1 Å². The van der Waals surface area contributed by atoms with Crippen LogP contribution in [-0.4, -0.2) is 40.9 Å². The second-order valence-electron chi connectivity index (χ2n) is 3.56. The van der Waals surface area contributed by atoms with E-state index in [1.54, 1.807) is 24.3 Å². The highest BCUT2D eigenvalue weighted by Crippen LogP contribution is 2.25. The van der Waals surface area contributed by atoms with Crippen molar-refractivity contribution < 1.29 is 9.90 Å². The van der Waals surface area contributed by atoms with Gasteiger partial charge in [-0.1, -0.05) is 16.6 Å². The van der Waals surface area contributed by atoms with E-state index < -0.39 is 5.97 Å². The van der Waals surface area contributed by atoms with Gasteiger partial charge in [0, 0.05) is 5.56 Å². The fraction of sp³-hybridized carbons (Fsp3) is 0. The zero-order valence-corrected chi connectivity index (χ0v) is 10.2. The van der Waals surface area contributed by atoms with Crippen molar-refractivity contribution in [2.24, 2.45) is 0 Å². The number of benzene rings is 1. The van der Waals surface area contributed by atoms with E-state index in [1.165, 1.54) is 11.0 Å². The third-order valence-electron chi connectivity index (χ3n) is 2.42. The summed E-state index contributed by atoms with van der Waals surface area (Å²) < 4.78 is 5.15. The molecule has 9 heteroatoms. The highest BCUT2D eigenvalue weighted by atomic mass is 32.1. The number of tetrazole rings is 1. The van der Waals surface area contributed by atoms with Crippen molar-refractivity contribution >= 4 is 17.5 Å². The average molecular weight is 274 g/mol. The standard InChI is InChI=1S/C10H6N6O2S/c17-10(18)9-8(12-15-19-9)6-2-1-3-7(4-6)16-5-11-13-14-16/h1-5H,(H,17,18). The Labute approximate surface area is 110 Å². The molecule has 19 heavy (non-hydrogen) atoms. The molecule has 0 saturated heterocycles. The van der Waals surface area contributed by atoms with Gasteiger partial charge >= 0.3 is 5.97 Å². The SMILES string of the molecule is O=C(O)c1snnc1-c1cccc(-n2cnnn2)c1. The van der Waals surface area contributed by atoms with Crippen molar-refractivity contribution in [1.82, 2.24) is 29.8 Å². The number of carboxylic acid groups (broad SMARTS) is 1. The number of carboxylic acids is 1. The van der Waals surface area contributed by atoms with Crippen LogP contribution in [0.15, 0.2) is 30.6 Å². The van der Waals surface area contributed by atoms with E-state index in [-0.39, 0.29) is 4.88 Å². The second kappa shape index (κ2) is 4.53. The number of rotatable bonds is 3. The molecule has 0 radical (unpaired) electrons. The number of nitrogens with zero attached hydrogens (tertiary/aromatic N) is 6. The first-order valence-electron chi connectivity index (χ1n) is 5.15. The Bertz CT molecular complexity index is 723. The van der Waals surface area contributed by atoms with Gasteiger partial charge in [0.15, 0.2) is 4.88 Å². The van der Waals surface area contributed by atoms with Crippen LogP contribution in [0.5, 0.6) is 0 Å². The van der Waals surface area contributed by atoms with Gasteiger partial charge in [-0.25, -0.2) is 9.48 Å². The molecule has 1 aromatic carbocycles. The van der Waals surface area contributed by atoms with Gasteiger partial charge in [0.25, 0.3) is 0 Å². The molecule has 0 spiro atoms. The lowest BCUT2D eigenvalue weighted by Crippen LogP contribution is -1.98. The van der Waals surface area contributed by atoms with Crippen molar-refractivity contribution in [3.05, 3.63) is 35.5 Å². The molecule has 0 aliphatic carbocycles. The lowest BCUT2D eigenvalue weighted by Gasteiger charge is -2.02. The Balaban J connectivity index is 2.09. The van der Waals surface area contributed by atoms with Gasteiger partial charge in [-0.3, -0.25) is 0 Å². The highest BCUT2D eigenvalue weighted by molar-refractivity contribution is 7.08. The zero-order chi connectivity index (χ0) is 13.2. The molecule has 0 aliphatic heterocycles. The van der Waals surface area contributed by atoms with Crippen LogP contribution >= 0.6 is 11.5 Å². The molecule has 0 bridgehead atoms. The van der Waals surface area contributed by atoms with Gasteiger partial charge < -0.3 is 5.11 Å². The van der Waals surface area contributed by atoms with E-state index in [4.69, 9.17) is 5.11 Å². The van der Waals surface area contributed by atoms with Crippen molar-refractivity contribution in [3.63, 3.8) is 0 Å². The highest BCUT2D eigenvalue weighted by Gasteiger charge is 2.17. The summed E-state index contributed by atoms with van der Waals surface area (Å²) in [6.07, 6.45) is 1.45. The van der Waals surface area contributed by atoms with Crippen LogP contribution in [0.25, 0.3) is 16.9 Å². The van der Waals surface area contributed by atoms with Gasteiger partial charge in [0.05, 0.1) is 5.69 Å². The monoisotopic (exact) mass is 274 g/mol. The molecule has 0 fully saturated rings. The summed E-state index contributed by atoms with van der Waals surface area (Å²) in [5.41, 5.74) is 1.71. The van der Waals surface area contributed by atoms with Crippen molar-refractivity contribution in [1.29, 1.82) is 0 Å². The van der Waals surface area contributed by atoms with Crippen LogP contribution in [0.3, 0.4) is 0 Å². The quantitative estimate of drug-likeness (QED) is 0.755. The summed E-state index contributed by atoms with van der Waals surface area (Å²) in [6.45, 7) is 0. The van der Waals surface area contributed by atoms with Crippen LogP contribution in [0, 0.1) is 0 Å². The molecule has 0 amide bonds. The molecule has 3 aromatic rings. The largest absolute Gasteiger partial charge is 0.477 e. The summed E-state index contributed by atoms with van der Waals surface area (Å²) in [7, 11) is 0. The number of aromatic nitrogens is 6. The van der Waals surface area contributed by atoms with Crippen molar-refractivity contribution in [2.75, 3.05) is 0 Å². The van der Waals surface area contributed by atoms with Crippen molar-refractivity contribution in [2.45, 2.75) is 0 Å². The van der Waals surface area contributed by atoms with Gasteiger partial charge in [0.1, 0.15) is 12.0 Å². The summed E-state index contributed by atoms with van der Waals surface area (Å²) >= 11 is 0.848. The normalized spacial score (nSPS) is 10.5. The van der Waals surface area contributed by atoms with Gasteiger partial charge in [0.2, 0.25) is 0 Å². The first-order valence-corrected chi connectivity index (χ1v) is 5.92. The van der Waals surface area contributed by atoms with Gasteiger partial charge in [-0.15, -0.1) is 10.2 Å². The van der Waals surface area contributed by atoms with Gasteiger partial charge in [-0.2, -0.15) is 0 Å². The maximum absolute atomic E-state index is 11.1. The summed E-state index contributed by atoms with van der Waals surface area (Å²) in [5, 5.41) is 23.8. The Morgan fingerprint density at radius 2 is 2.26 bits per heavy atom. The predicted molar refractivity (Wildman–Crippen MR) is 65.0 cm³/mol. The maximum Gasteiger partial charge on any atom is 0.349 e. The molecule has 3 rings (SSSR count). The molecule has 2 aromatic heterocycles. The molecule has 0 saturated carbocycles. The Morgan fingerprint density at radius 1 is 1.37 bits per heavy atom. The lowest BCUT2D eigenvalue weighted by molar-refractivity contribution is 0.0702. The van der Waals surface area contributed by atoms with E-state index in [2.05, 4.69) is 25.1 Å². The fourth-order valence-corrected chi connectivity index (χ4v) is 2.12. The van der Waals surface area contributed by atoms with E-state index in [9.17, 15) is 4.79 Å². The van der Waals surface area contributed by atoms with Crippen LogP contribution in [-0.2, 0) is 0 Å². The third-order valence-corrected chi connectivity index (χ3v) is 3.13. The number of hydrogen-bond acceptors (Lipinski definition) is 7. The van der Waals surface area contributed by atoms with E-state index in [0.717, 1.165) is 11.5 Å². The van der Waals surface area contributed by atoms with Crippen molar-refractivity contribution in [3.8, 4) is 16.9 Å². The molecular formula is C10H6N6O2S. The topological polar surface area (TPSA) is 107 Å². The Morgan fingerprint density at radius 3 is 3.00 bits per heavy atom. The van der Waals surface area contributed by atoms with E-state index in [1.807, 2.05) is 0 Å². The average Bonchev–Trinajstić information content (AvgIpc) is 3.10. The van der Waals surface area contributed by atoms with Crippen LogP contribution in [0.4, 0.5) is 0 Å². The number of aromatic carboxylic acids is 1. The first kappa shape index (κ1) is 11.4. The molecule has 0 atom stereocenters. The predicted octanol–water partition coefficient (Wildman–Crippen LogP) is 0.879. The minimum atomic E-state index is -1.04. The Hall–Kier alpha value is -2.68. The van der Waals surface area contributed by atoms with Crippen LogP contribution in [0.1, 0.15) is 9.67 Å². The molecular weight excluding hydrogens is 268 g/mol. The van der Waals surface area contributed by atoms with Crippen LogP contribution < -0.4 is 0 Å². The molecule has 1 N–H and O–H groups in total. The molecule has 8 nitrogen and oxygen atoms in total. The summed E-state index contributed by atoms with van der Waals surface area (Å²) in [4.78, 5) is 11.2. The summed E-state index contributed by atoms with van der Waals surface area (Å²) in [6, 6.07) is 7.09. The third kappa shape index (κ3) is 2.06. The minimum Gasteiger partial charge on any atom is -0.477 e. The number of carbonyl (C=O) groups is 1. The molecule has 0 aliphatic rings. The second-order valence-corrected chi connectivity index (χ2v) is 4.31. The van der Waals surface area contributed by atoms with E-state index in [0.29, 0.717) is 16.9 Å². The molecule has 2 heterocycles. The minimum absolute atomic E-state index is 0.105. The van der Waals surface area contributed by atoms with E-state index >= 15 is 0 Å². The van der Waals surface area contributed by atoms with Crippen LogP contribution in [0.2, 0.25) is 0 Å². The Kier molecular flexibility index (Phi) is 2.72. The number of hydrogen-bond donors (Lipinski definition) is 1. The molecule has 0 unspecified atom stereocenters. The maximum atomic E-state index is 11.1. The smallest absolute Gasteiger partial charge is 0.349 e. The zero-order valence-electron chi connectivity index (χ0n) is 9.33. The fourth-order valence-electron chi connectivity index (χ4n) is 1.60. The lowest BCUT2D eigenvalue weighted by atomic mass is 10.1. The summed E-state index contributed by atoms with van der Waals surface area (Å²) in [5.74, 6) is -1.04.